The monoisotopic (exact) mass is 332 g/mol. The van der Waals surface area contributed by atoms with Gasteiger partial charge in [0.2, 0.25) is 5.91 Å². The first kappa shape index (κ1) is 17.4. The Bertz CT molecular complexity index is 584. The van der Waals surface area contributed by atoms with Gasteiger partial charge in [0.05, 0.1) is 19.8 Å². The minimum Gasteiger partial charge on any atom is -0.347 e. The Balaban J connectivity index is 1.57. The fourth-order valence-corrected chi connectivity index (χ4v) is 3.56. The van der Waals surface area contributed by atoms with Crippen LogP contribution < -0.4 is 5.32 Å². The summed E-state index contributed by atoms with van der Waals surface area (Å²) in [4.78, 5) is 14.7. The highest BCUT2D eigenvalue weighted by Crippen LogP contribution is 2.31. The molecule has 0 radical (unpaired) electrons. The van der Waals surface area contributed by atoms with Crippen molar-refractivity contribution < 1.29 is 14.3 Å². The zero-order valence-electron chi connectivity index (χ0n) is 14.9. The molecule has 2 heterocycles. The van der Waals surface area contributed by atoms with Crippen molar-refractivity contribution in [3.8, 4) is 0 Å². The second kappa shape index (κ2) is 7.21. The van der Waals surface area contributed by atoms with Crippen LogP contribution in [0.3, 0.4) is 0 Å². The van der Waals surface area contributed by atoms with Gasteiger partial charge in [-0.05, 0) is 24.0 Å². The van der Waals surface area contributed by atoms with Crippen LogP contribution in [0, 0.1) is 6.92 Å². The van der Waals surface area contributed by atoms with E-state index < -0.39 is 0 Å². The van der Waals surface area contributed by atoms with Crippen LogP contribution in [0.15, 0.2) is 18.2 Å². The fourth-order valence-electron chi connectivity index (χ4n) is 3.56. The molecule has 2 fully saturated rings. The average Bonchev–Trinajstić information content (AvgIpc) is 3.00. The first-order valence-electron chi connectivity index (χ1n) is 8.89. The molecule has 0 aromatic heterocycles. The van der Waals surface area contributed by atoms with Crippen molar-refractivity contribution in [2.24, 2.45) is 0 Å². The molecule has 0 unspecified atom stereocenters. The Morgan fingerprint density at radius 1 is 1.25 bits per heavy atom. The van der Waals surface area contributed by atoms with Gasteiger partial charge in [0.25, 0.3) is 0 Å². The molecule has 2 aliphatic heterocycles. The highest BCUT2D eigenvalue weighted by atomic mass is 16.7. The van der Waals surface area contributed by atoms with Crippen molar-refractivity contribution in [2.75, 3.05) is 38.2 Å². The van der Waals surface area contributed by atoms with Crippen LogP contribution in [0.5, 0.6) is 0 Å². The normalized spacial score (nSPS) is 20.7. The summed E-state index contributed by atoms with van der Waals surface area (Å²) in [5.41, 5.74) is 3.27. The van der Waals surface area contributed by atoms with Crippen molar-refractivity contribution in [1.29, 1.82) is 0 Å². The van der Waals surface area contributed by atoms with Crippen molar-refractivity contribution in [3.63, 3.8) is 0 Å². The topological polar surface area (TPSA) is 50.8 Å². The number of nitrogens with one attached hydrogen (secondary N) is 1. The Hall–Kier alpha value is -1.43. The van der Waals surface area contributed by atoms with Crippen LogP contribution in [0.1, 0.15) is 43.7 Å². The van der Waals surface area contributed by atoms with Crippen LogP contribution in [0.4, 0.5) is 5.69 Å². The molecule has 1 amide bonds. The Morgan fingerprint density at radius 2 is 1.92 bits per heavy atom. The van der Waals surface area contributed by atoms with E-state index in [0.717, 1.165) is 37.2 Å². The number of ether oxygens (including phenoxy) is 2. The van der Waals surface area contributed by atoms with Gasteiger partial charge in [0.1, 0.15) is 0 Å². The van der Waals surface area contributed by atoms with Gasteiger partial charge in [0.15, 0.2) is 5.79 Å². The average molecular weight is 332 g/mol. The molecule has 132 valence electrons. The highest BCUT2D eigenvalue weighted by molar-refractivity contribution is 5.93. The van der Waals surface area contributed by atoms with E-state index in [-0.39, 0.29) is 11.7 Å². The van der Waals surface area contributed by atoms with E-state index in [2.05, 4.69) is 30.1 Å². The zero-order chi connectivity index (χ0) is 17.2. The molecule has 5 heteroatoms. The molecule has 1 N–H and O–H groups in total. The van der Waals surface area contributed by atoms with E-state index in [1.807, 2.05) is 19.1 Å². The van der Waals surface area contributed by atoms with Gasteiger partial charge < -0.3 is 14.8 Å². The molecule has 3 rings (SSSR count). The maximum absolute atomic E-state index is 12.5. The lowest BCUT2D eigenvalue weighted by Crippen LogP contribution is -2.47. The predicted octanol–water partition coefficient (Wildman–Crippen LogP) is 2.90. The molecule has 0 bridgehead atoms. The van der Waals surface area contributed by atoms with Crippen molar-refractivity contribution in [3.05, 3.63) is 29.3 Å². The predicted molar refractivity (Wildman–Crippen MR) is 94.2 cm³/mol. The standard InChI is InChI=1S/C19H28N2O3/c1-14(2)16-6-4-5-15(3)18(16)20-17(22)13-21-9-7-19(8-10-21)23-11-12-24-19/h4-6,14H,7-13H2,1-3H3,(H,20,22). The molecule has 2 aliphatic rings. The number of anilines is 1. The lowest BCUT2D eigenvalue weighted by Gasteiger charge is -2.37. The number of aryl methyl sites for hydroxylation is 1. The number of carbonyl (C=O) groups is 1. The summed E-state index contributed by atoms with van der Waals surface area (Å²) in [5.74, 6) is 0.0514. The highest BCUT2D eigenvalue weighted by Gasteiger charge is 2.39. The molecule has 1 aromatic carbocycles. The van der Waals surface area contributed by atoms with Crippen LogP contribution in [0.25, 0.3) is 0 Å². The van der Waals surface area contributed by atoms with Gasteiger partial charge in [-0.1, -0.05) is 32.0 Å². The summed E-state index contributed by atoms with van der Waals surface area (Å²) >= 11 is 0. The number of rotatable bonds is 4. The first-order chi connectivity index (χ1) is 11.5. The number of hydrogen-bond acceptors (Lipinski definition) is 4. The van der Waals surface area contributed by atoms with E-state index >= 15 is 0 Å². The number of para-hydroxylation sites is 1. The van der Waals surface area contributed by atoms with Gasteiger partial charge in [0, 0.05) is 31.6 Å². The molecule has 1 spiro atoms. The molecule has 5 nitrogen and oxygen atoms in total. The maximum Gasteiger partial charge on any atom is 0.238 e. The molecule has 0 saturated carbocycles. The number of likely N-dealkylation sites (tertiary alicyclic amines) is 1. The summed E-state index contributed by atoms with van der Waals surface area (Å²) in [5, 5.41) is 3.13. The van der Waals surface area contributed by atoms with E-state index in [9.17, 15) is 4.79 Å². The van der Waals surface area contributed by atoms with E-state index in [1.165, 1.54) is 5.56 Å². The van der Waals surface area contributed by atoms with Crippen molar-refractivity contribution in [2.45, 2.75) is 45.3 Å². The number of piperidine rings is 1. The van der Waals surface area contributed by atoms with Crippen molar-refractivity contribution in [1.82, 2.24) is 4.90 Å². The van der Waals surface area contributed by atoms with E-state index in [4.69, 9.17) is 9.47 Å². The number of amides is 1. The Kier molecular flexibility index (Phi) is 5.23. The van der Waals surface area contributed by atoms with E-state index in [0.29, 0.717) is 25.7 Å². The lowest BCUT2D eigenvalue weighted by molar-refractivity contribution is -0.185. The molecular weight excluding hydrogens is 304 g/mol. The summed E-state index contributed by atoms with van der Waals surface area (Å²) in [6, 6.07) is 6.18. The lowest BCUT2D eigenvalue weighted by atomic mass is 9.98. The molecule has 24 heavy (non-hydrogen) atoms. The van der Waals surface area contributed by atoms with Crippen molar-refractivity contribution >= 4 is 11.6 Å². The van der Waals surface area contributed by atoms with Gasteiger partial charge in [-0.2, -0.15) is 0 Å². The Labute approximate surface area is 144 Å². The number of hydrogen-bond donors (Lipinski definition) is 1. The third kappa shape index (κ3) is 3.79. The number of carbonyl (C=O) groups excluding carboxylic acids is 1. The summed E-state index contributed by atoms with van der Waals surface area (Å²) in [7, 11) is 0. The molecule has 0 atom stereocenters. The van der Waals surface area contributed by atoms with Crippen LogP contribution >= 0.6 is 0 Å². The molecule has 2 saturated heterocycles. The smallest absolute Gasteiger partial charge is 0.238 e. The largest absolute Gasteiger partial charge is 0.347 e. The SMILES string of the molecule is Cc1cccc(C(C)C)c1NC(=O)CN1CCC2(CC1)OCCO2. The zero-order valence-corrected chi connectivity index (χ0v) is 14.9. The minimum absolute atomic E-state index is 0.0513. The van der Waals surface area contributed by atoms with Gasteiger partial charge >= 0.3 is 0 Å². The van der Waals surface area contributed by atoms with Gasteiger partial charge in [-0.25, -0.2) is 0 Å². The molecule has 1 aromatic rings. The molecular formula is C19H28N2O3. The summed E-state index contributed by atoms with van der Waals surface area (Å²) in [6.07, 6.45) is 1.67. The van der Waals surface area contributed by atoms with Gasteiger partial charge in [-0.3, -0.25) is 9.69 Å². The third-order valence-corrected chi connectivity index (χ3v) is 4.99. The first-order valence-corrected chi connectivity index (χ1v) is 8.89. The van der Waals surface area contributed by atoms with Crippen LogP contribution in [0.2, 0.25) is 0 Å². The third-order valence-electron chi connectivity index (χ3n) is 4.99. The molecule has 0 aliphatic carbocycles. The quantitative estimate of drug-likeness (QED) is 0.921. The Morgan fingerprint density at radius 3 is 2.54 bits per heavy atom. The fraction of sp³-hybridized carbons (Fsp3) is 0.632. The van der Waals surface area contributed by atoms with Crippen LogP contribution in [-0.2, 0) is 14.3 Å². The van der Waals surface area contributed by atoms with Gasteiger partial charge in [-0.15, -0.1) is 0 Å². The van der Waals surface area contributed by atoms with Crippen LogP contribution in [-0.4, -0.2) is 49.4 Å². The maximum atomic E-state index is 12.5. The minimum atomic E-state index is -0.381. The number of benzene rings is 1. The second-order valence-corrected chi connectivity index (χ2v) is 7.13. The summed E-state index contributed by atoms with van der Waals surface area (Å²) in [6.45, 7) is 9.79. The second-order valence-electron chi connectivity index (χ2n) is 7.13. The summed E-state index contributed by atoms with van der Waals surface area (Å²) < 4.78 is 11.5. The number of nitrogens with zero attached hydrogens (tertiary/aromatic N) is 1. The van der Waals surface area contributed by atoms with E-state index in [1.54, 1.807) is 0 Å².